The predicted octanol–water partition coefficient (Wildman–Crippen LogP) is 4.21. The van der Waals surface area contributed by atoms with Gasteiger partial charge in [-0.1, -0.05) is 25.6 Å². The van der Waals surface area contributed by atoms with Crippen molar-refractivity contribution in [2.45, 2.75) is 50.3 Å². The van der Waals surface area contributed by atoms with E-state index in [1.165, 1.54) is 30.2 Å². The summed E-state index contributed by atoms with van der Waals surface area (Å²) in [5.41, 5.74) is 1.56. The number of esters is 1. The molecule has 0 aliphatic carbocycles. The smallest absolute Gasteiger partial charge is 0.318 e. The Bertz CT molecular complexity index is 1200. The monoisotopic (exact) mass is 474 g/mol. The second-order valence-corrected chi connectivity index (χ2v) is 10.4. The van der Waals surface area contributed by atoms with Crippen molar-refractivity contribution in [2.75, 3.05) is 14.2 Å². The van der Waals surface area contributed by atoms with Crippen molar-refractivity contribution < 1.29 is 19.0 Å². The third-order valence-corrected chi connectivity index (χ3v) is 7.73. The number of carbonyl (C=O) groups excluding carboxylic acids is 1. The van der Waals surface area contributed by atoms with Crippen LogP contribution in [0.2, 0.25) is 0 Å². The van der Waals surface area contributed by atoms with E-state index in [1.807, 2.05) is 12.1 Å². The fourth-order valence-electron chi connectivity index (χ4n) is 3.75. The van der Waals surface area contributed by atoms with Crippen molar-refractivity contribution in [1.29, 1.82) is 0 Å². The van der Waals surface area contributed by atoms with Gasteiger partial charge in [-0.25, -0.2) is 4.98 Å². The van der Waals surface area contributed by atoms with Gasteiger partial charge in [0.25, 0.3) is 5.56 Å². The van der Waals surface area contributed by atoms with Gasteiger partial charge in [0, 0.05) is 11.3 Å². The van der Waals surface area contributed by atoms with Gasteiger partial charge >= 0.3 is 5.97 Å². The van der Waals surface area contributed by atoms with Gasteiger partial charge in [0.05, 0.1) is 38.0 Å². The van der Waals surface area contributed by atoms with E-state index >= 15 is 0 Å². The second-order valence-electron chi connectivity index (χ2n) is 8.00. The largest absolute Gasteiger partial charge is 0.497 e. The van der Waals surface area contributed by atoms with Crippen LogP contribution in [0.3, 0.4) is 0 Å². The zero-order valence-corrected chi connectivity index (χ0v) is 20.3. The van der Waals surface area contributed by atoms with E-state index in [-0.39, 0.29) is 17.6 Å². The highest BCUT2D eigenvalue weighted by molar-refractivity contribution is 8.00. The Morgan fingerprint density at radius 2 is 1.97 bits per heavy atom. The number of ether oxygens (including phenoxy) is 3. The minimum absolute atomic E-state index is 0.0718. The van der Waals surface area contributed by atoms with Gasteiger partial charge in [-0.3, -0.25) is 14.2 Å². The number of rotatable bonds is 6. The van der Waals surface area contributed by atoms with Crippen LogP contribution in [0.1, 0.15) is 31.2 Å². The molecule has 32 heavy (non-hydrogen) atoms. The number of benzene rings is 1. The average molecular weight is 475 g/mol. The van der Waals surface area contributed by atoms with Gasteiger partial charge in [-0.15, -0.1) is 11.3 Å². The Morgan fingerprint density at radius 1 is 1.25 bits per heavy atom. The summed E-state index contributed by atoms with van der Waals surface area (Å²) < 4.78 is 17.7. The SMILES string of the molecule is COC(=O)[C@H](C)Sc1nc2sc3c(c2c(=O)n1-c1ccc(OC)cc1)C[C@H](C(C)C)OC3. The molecule has 1 aromatic carbocycles. The van der Waals surface area contributed by atoms with Gasteiger partial charge < -0.3 is 14.2 Å². The molecule has 0 bridgehead atoms. The standard InChI is InChI=1S/C23H26N2O5S2/c1-12(2)17-10-16-18(11-30-17)32-20-19(16)21(26)25(14-6-8-15(28-4)9-7-14)23(24-20)31-13(3)22(27)29-5/h6-9,12-13,17H,10-11H2,1-5H3/t13-,17+/m0/s1. The number of hydrogen-bond acceptors (Lipinski definition) is 8. The molecule has 2 atom stereocenters. The Balaban J connectivity index is 1.91. The zero-order valence-electron chi connectivity index (χ0n) is 18.7. The summed E-state index contributed by atoms with van der Waals surface area (Å²) in [5, 5.41) is 0.576. The molecule has 0 saturated carbocycles. The molecule has 1 aliphatic heterocycles. The maximum absolute atomic E-state index is 13.9. The number of aromatic nitrogens is 2. The lowest BCUT2D eigenvalue weighted by atomic mass is 9.96. The lowest BCUT2D eigenvalue weighted by Gasteiger charge is -2.26. The van der Waals surface area contributed by atoms with Crippen molar-refractivity contribution in [3.8, 4) is 11.4 Å². The summed E-state index contributed by atoms with van der Waals surface area (Å²) in [7, 11) is 2.95. The predicted molar refractivity (Wildman–Crippen MR) is 126 cm³/mol. The first-order valence-electron chi connectivity index (χ1n) is 10.4. The molecule has 0 amide bonds. The van der Waals surface area contributed by atoms with Gasteiger partial charge in [0.2, 0.25) is 0 Å². The van der Waals surface area contributed by atoms with E-state index in [0.29, 0.717) is 45.8 Å². The Kier molecular flexibility index (Phi) is 6.60. The van der Waals surface area contributed by atoms with Crippen LogP contribution in [-0.4, -0.2) is 41.1 Å². The summed E-state index contributed by atoms with van der Waals surface area (Å²) in [5.74, 6) is 0.674. The lowest BCUT2D eigenvalue weighted by Crippen LogP contribution is -2.28. The van der Waals surface area contributed by atoms with Gasteiger partial charge in [0.15, 0.2) is 5.16 Å². The first-order chi connectivity index (χ1) is 15.3. The van der Waals surface area contributed by atoms with E-state index in [2.05, 4.69) is 13.8 Å². The molecule has 0 saturated heterocycles. The molecule has 9 heteroatoms. The number of nitrogens with zero attached hydrogens (tertiary/aromatic N) is 2. The van der Waals surface area contributed by atoms with Gasteiger partial charge in [-0.05, 0) is 42.7 Å². The van der Waals surface area contributed by atoms with E-state index < -0.39 is 5.25 Å². The fraction of sp³-hybridized carbons (Fsp3) is 0.435. The summed E-state index contributed by atoms with van der Waals surface area (Å²) in [6.45, 7) is 6.48. The highest BCUT2D eigenvalue weighted by Gasteiger charge is 2.29. The minimum atomic E-state index is -0.517. The summed E-state index contributed by atoms with van der Waals surface area (Å²) in [6.07, 6.45) is 0.764. The van der Waals surface area contributed by atoms with Crippen LogP contribution in [-0.2, 0) is 27.3 Å². The van der Waals surface area contributed by atoms with Crippen LogP contribution in [0.15, 0.2) is 34.2 Å². The Hall–Kier alpha value is -2.36. The van der Waals surface area contributed by atoms with Crippen molar-refractivity contribution in [3.63, 3.8) is 0 Å². The molecular formula is C23H26N2O5S2. The highest BCUT2D eigenvalue weighted by atomic mass is 32.2. The zero-order chi connectivity index (χ0) is 23.0. The molecule has 4 rings (SSSR count). The molecule has 0 radical (unpaired) electrons. The summed E-state index contributed by atoms with van der Waals surface area (Å²) >= 11 is 2.70. The summed E-state index contributed by atoms with van der Waals surface area (Å²) in [6, 6.07) is 7.24. The van der Waals surface area contributed by atoms with Crippen molar-refractivity contribution in [3.05, 3.63) is 45.1 Å². The average Bonchev–Trinajstić information content (AvgIpc) is 3.16. The Labute approximate surface area is 194 Å². The van der Waals surface area contributed by atoms with Crippen LogP contribution < -0.4 is 10.3 Å². The number of hydrogen-bond donors (Lipinski definition) is 0. The van der Waals surface area contributed by atoms with Gasteiger partial charge in [-0.2, -0.15) is 0 Å². The van der Waals surface area contributed by atoms with Crippen LogP contribution in [0.25, 0.3) is 15.9 Å². The second kappa shape index (κ2) is 9.25. The van der Waals surface area contributed by atoms with E-state index in [4.69, 9.17) is 19.2 Å². The normalized spacial score (nSPS) is 16.8. The number of carbonyl (C=O) groups is 1. The van der Waals surface area contributed by atoms with Crippen LogP contribution in [0, 0.1) is 5.92 Å². The first kappa shape index (κ1) is 22.8. The fourth-order valence-corrected chi connectivity index (χ4v) is 5.86. The molecule has 3 heterocycles. The molecule has 0 spiro atoms. The maximum atomic E-state index is 13.9. The molecule has 0 N–H and O–H groups in total. The number of thioether (sulfide) groups is 1. The van der Waals surface area contributed by atoms with E-state index in [9.17, 15) is 9.59 Å². The molecular weight excluding hydrogens is 448 g/mol. The molecule has 0 fully saturated rings. The number of methoxy groups -OCH3 is 2. The number of fused-ring (bicyclic) bond motifs is 3. The van der Waals surface area contributed by atoms with Gasteiger partial charge in [0.1, 0.15) is 15.8 Å². The molecule has 1 aliphatic rings. The third-order valence-electron chi connectivity index (χ3n) is 5.60. The molecule has 170 valence electrons. The quantitative estimate of drug-likeness (QED) is 0.301. The Morgan fingerprint density at radius 3 is 2.59 bits per heavy atom. The highest BCUT2D eigenvalue weighted by Crippen LogP contribution is 2.37. The van der Waals surface area contributed by atoms with Crippen molar-refractivity contribution in [1.82, 2.24) is 9.55 Å². The van der Waals surface area contributed by atoms with E-state index in [0.717, 1.165) is 10.4 Å². The molecule has 0 unspecified atom stereocenters. The third kappa shape index (κ3) is 4.16. The molecule has 2 aromatic heterocycles. The molecule has 3 aromatic rings. The van der Waals surface area contributed by atoms with Crippen molar-refractivity contribution in [2.24, 2.45) is 5.92 Å². The van der Waals surface area contributed by atoms with Crippen LogP contribution >= 0.6 is 23.1 Å². The van der Waals surface area contributed by atoms with E-state index in [1.54, 1.807) is 30.7 Å². The van der Waals surface area contributed by atoms with Crippen molar-refractivity contribution >= 4 is 39.3 Å². The topological polar surface area (TPSA) is 79.7 Å². The lowest BCUT2D eigenvalue weighted by molar-refractivity contribution is -0.139. The first-order valence-corrected chi connectivity index (χ1v) is 12.1. The minimum Gasteiger partial charge on any atom is -0.497 e. The summed E-state index contributed by atoms with van der Waals surface area (Å²) in [4.78, 5) is 32.5. The van der Waals surface area contributed by atoms with Crippen LogP contribution in [0.5, 0.6) is 5.75 Å². The number of thiophene rings is 1. The molecule has 7 nitrogen and oxygen atoms in total. The van der Waals surface area contributed by atoms with Crippen LogP contribution in [0.4, 0.5) is 0 Å². The maximum Gasteiger partial charge on any atom is 0.318 e.